The van der Waals surface area contributed by atoms with Gasteiger partial charge in [-0.25, -0.2) is 36.8 Å². The lowest BCUT2D eigenvalue weighted by Gasteiger charge is -2.03. The van der Waals surface area contributed by atoms with Crippen LogP contribution in [0.15, 0.2) is 148 Å². The molecule has 10 heteroatoms. The highest BCUT2D eigenvalue weighted by Crippen LogP contribution is 2.21. The first-order valence-corrected chi connectivity index (χ1v) is 13.8. The van der Waals surface area contributed by atoms with E-state index >= 15 is 0 Å². The average molecular weight is 513 g/mol. The third kappa shape index (κ3) is 3.67. The molecule has 0 atom stereocenters. The number of hydrogen-bond donors (Lipinski definition) is 0. The van der Waals surface area contributed by atoms with Crippen molar-refractivity contribution in [2.45, 2.75) is 19.6 Å². The van der Waals surface area contributed by atoms with Crippen molar-refractivity contribution in [1.82, 2.24) is 0 Å². The zero-order valence-electron chi connectivity index (χ0n) is 18.5. The normalized spacial score (nSPS) is 16.2. The molecule has 4 aromatic carbocycles. The fourth-order valence-electron chi connectivity index (χ4n) is 3.89. The summed E-state index contributed by atoms with van der Waals surface area (Å²) < 4.78 is 51.9. The Balaban J connectivity index is 1.41. The maximum atomic E-state index is 13.0. The Morgan fingerprint density at radius 2 is 0.750 bits per heavy atom. The van der Waals surface area contributed by atoms with Crippen LogP contribution in [0, 0.1) is 0 Å². The second kappa shape index (κ2) is 8.14. The lowest BCUT2D eigenvalue weighted by Crippen LogP contribution is -2.22. The number of sulfone groups is 2. The van der Waals surface area contributed by atoms with Gasteiger partial charge in [0.15, 0.2) is 11.6 Å². The molecule has 36 heavy (non-hydrogen) atoms. The van der Waals surface area contributed by atoms with E-state index in [1.54, 1.807) is 48.5 Å². The summed E-state index contributed by atoms with van der Waals surface area (Å²) >= 11 is 0. The van der Waals surface area contributed by atoms with Crippen LogP contribution in [0.5, 0.6) is 0 Å². The van der Waals surface area contributed by atoms with Crippen molar-refractivity contribution in [3.8, 4) is 0 Å². The molecule has 0 saturated carbocycles. The standard InChI is InChI=1S/C26H16N4O4S2/c31-35(32,17-7-3-1-4-8-17)19-11-13-21-23(15-19)29-25(27-21)26-28-22-14-12-20(16-24(22)30-26)36(33,34)18-9-5-2-6-10-18/h1-16H/b26-25+. The maximum Gasteiger partial charge on any atom is 0.206 e. The smallest absolute Gasteiger partial charge is 0.206 e. The first kappa shape index (κ1) is 22.2. The van der Waals surface area contributed by atoms with Gasteiger partial charge in [-0.15, -0.1) is 0 Å². The number of rotatable bonds is 4. The van der Waals surface area contributed by atoms with Gasteiger partial charge in [-0.2, -0.15) is 0 Å². The molecule has 0 amide bonds. The van der Waals surface area contributed by atoms with Gasteiger partial charge in [0.1, 0.15) is 0 Å². The summed E-state index contributed by atoms with van der Waals surface area (Å²) in [5, 5.41) is 1.78. The van der Waals surface area contributed by atoms with Gasteiger partial charge in [0.25, 0.3) is 0 Å². The Hall–Kier alpha value is -4.28. The van der Waals surface area contributed by atoms with Gasteiger partial charge in [-0.1, -0.05) is 36.4 Å². The summed E-state index contributed by atoms with van der Waals surface area (Å²) in [5.74, 6) is 0.450. The Kier molecular flexibility index (Phi) is 5.02. The van der Waals surface area contributed by atoms with Gasteiger partial charge < -0.3 is 0 Å². The highest BCUT2D eigenvalue weighted by molar-refractivity contribution is 7.91. The number of benzene rings is 4. The van der Waals surface area contributed by atoms with Gasteiger partial charge >= 0.3 is 0 Å². The van der Waals surface area contributed by atoms with Crippen LogP contribution in [0.4, 0.5) is 0 Å². The number of fused-ring (bicyclic) bond motifs is 2. The minimum absolute atomic E-state index is 0.108. The fraction of sp³-hybridized carbons (Fsp3) is 0. The zero-order valence-corrected chi connectivity index (χ0v) is 20.1. The molecule has 0 unspecified atom stereocenters. The summed E-state index contributed by atoms with van der Waals surface area (Å²) in [6.45, 7) is 0. The molecule has 0 radical (unpaired) electrons. The second-order valence-corrected chi connectivity index (χ2v) is 11.9. The summed E-state index contributed by atoms with van der Waals surface area (Å²) in [5.41, 5.74) is 0. The Labute approximate surface area is 205 Å². The van der Waals surface area contributed by atoms with Gasteiger partial charge in [0, 0.05) is 0 Å². The molecule has 0 aromatic heterocycles. The van der Waals surface area contributed by atoms with Crippen molar-refractivity contribution in [2.75, 3.05) is 0 Å². The van der Waals surface area contributed by atoms with Crippen LogP contribution in [-0.2, 0) is 19.7 Å². The van der Waals surface area contributed by atoms with E-state index in [2.05, 4.69) is 20.0 Å². The van der Waals surface area contributed by atoms with Crippen LogP contribution in [0.3, 0.4) is 0 Å². The van der Waals surface area contributed by atoms with Crippen molar-refractivity contribution in [1.29, 1.82) is 0 Å². The molecule has 0 fully saturated rings. The predicted molar refractivity (Wildman–Crippen MR) is 128 cm³/mol. The van der Waals surface area contributed by atoms with E-state index in [-0.39, 0.29) is 31.2 Å². The van der Waals surface area contributed by atoms with Crippen LogP contribution in [0.1, 0.15) is 0 Å². The molecular formula is C26H16N4O4S2. The first-order chi connectivity index (χ1) is 17.3. The van der Waals surface area contributed by atoms with E-state index in [9.17, 15) is 16.8 Å². The van der Waals surface area contributed by atoms with Crippen LogP contribution in [0.25, 0.3) is 0 Å². The van der Waals surface area contributed by atoms with Crippen LogP contribution in [0.2, 0.25) is 0 Å². The molecule has 0 bridgehead atoms. The lowest BCUT2D eigenvalue weighted by atomic mass is 10.3. The molecule has 176 valence electrons. The molecule has 2 aliphatic heterocycles. The topological polar surface area (TPSA) is 118 Å². The SMILES string of the molecule is O=S(=O)(c1ccccc1)c1ccc2c(c1)=N/C(=C1\N=c3ccc(S(=O)(=O)c4ccccc4)cc3=N1)N=2. The van der Waals surface area contributed by atoms with E-state index < -0.39 is 19.7 Å². The molecule has 0 saturated heterocycles. The van der Waals surface area contributed by atoms with E-state index in [4.69, 9.17) is 0 Å². The molecule has 2 heterocycles. The Morgan fingerprint density at radius 3 is 1.14 bits per heavy atom. The van der Waals surface area contributed by atoms with Crippen LogP contribution >= 0.6 is 0 Å². The molecular weight excluding hydrogens is 496 g/mol. The van der Waals surface area contributed by atoms with Gasteiger partial charge in [-0.3, -0.25) is 0 Å². The molecule has 0 aliphatic carbocycles. The van der Waals surface area contributed by atoms with E-state index in [1.165, 1.54) is 48.5 Å². The van der Waals surface area contributed by atoms with Gasteiger partial charge in [0.05, 0.1) is 41.0 Å². The van der Waals surface area contributed by atoms with E-state index in [1.807, 2.05) is 0 Å². The second-order valence-electron chi connectivity index (χ2n) is 8.03. The highest BCUT2D eigenvalue weighted by Gasteiger charge is 2.21. The summed E-state index contributed by atoms with van der Waals surface area (Å²) in [7, 11) is -7.41. The largest absolute Gasteiger partial charge is 0.224 e. The van der Waals surface area contributed by atoms with Crippen molar-refractivity contribution in [3.05, 3.63) is 130 Å². The quantitative estimate of drug-likeness (QED) is 0.413. The minimum Gasteiger partial charge on any atom is -0.224 e. The highest BCUT2D eigenvalue weighted by atomic mass is 32.2. The van der Waals surface area contributed by atoms with Crippen molar-refractivity contribution >= 4 is 19.7 Å². The maximum absolute atomic E-state index is 13.0. The zero-order chi connectivity index (χ0) is 24.9. The minimum atomic E-state index is -3.70. The predicted octanol–water partition coefficient (Wildman–Crippen LogP) is 1.68. The van der Waals surface area contributed by atoms with Gasteiger partial charge in [0.2, 0.25) is 19.7 Å². The molecule has 0 N–H and O–H groups in total. The van der Waals surface area contributed by atoms with Crippen molar-refractivity contribution < 1.29 is 16.8 Å². The molecule has 2 aliphatic rings. The van der Waals surface area contributed by atoms with Crippen LogP contribution < -0.4 is 21.4 Å². The molecule has 8 nitrogen and oxygen atoms in total. The monoisotopic (exact) mass is 512 g/mol. The fourth-order valence-corrected chi connectivity index (χ4v) is 6.49. The summed E-state index contributed by atoms with van der Waals surface area (Å²) in [6, 6.07) is 25.4. The van der Waals surface area contributed by atoms with Crippen molar-refractivity contribution in [3.63, 3.8) is 0 Å². The summed E-state index contributed by atoms with van der Waals surface area (Å²) in [6.07, 6.45) is 0. The van der Waals surface area contributed by atoms with Crippen molar-refractivity contribution in [2.24, 2.45) is 20.0 Å². The van der Waals surface area contributed by atoms with Crippen LogP contribution in [-0.4, -0.2) is 16.8 Å². The average Bonchev–Trinajstić information content (AvgIpc) is 3.53. The molecule has 6 rings (SSSR count). The van der Waals surface area contributed by atoms with Gasteiger partial charge in [-0.05, 0) is 60.7 Å². The van der Waals surface area contributed by atoms with E-state index in [0.717, 1.165) is 0 Å². The lowest BCUT2D eigenvalue weighted by molar-refractivity contribution is 0.594. The number of nitrogens with zero attached hydrogens (tertiary/aromatic N) is 4. The Bertz CT molecular complexity index is 1910. The number of hydrogen-bond acceptors (Lipinski definition) is 8. The third-order valence-electron chi connectivity index (χ3n) is 5.73. The summed E-state index contributed by atoms with van der Waals surface area (Å²) in [4.78, 5) is 18.4. The Morgan fingerprint density at radius 1 is 0.389 bits per heavy atom. The first-order valence-electron chi connectivity index (χ1n) is 10.8. The third-order valence-corrected chi connectivity index (χ3v) is 9.26. The molecule has 4 aromatic rings. The van der Waals surface area contributed by atoms with E-state index in [0.29, 0.717) is 21.4 Å². The molecule has 0 spiro atoms.